The minimum absolute atomic E-state index is 0.0337. The highest BCUT2D eigenvalue weighted by Gasteiger charge is 2.44. The van der Waals surface area contributed by atoms with Gasteiger partial charge in [-0.3, -0.25) is 4.79 Å². The summed E-state index contributed by atoms with van der Waals surface area (Å²) in [7, 11) is 0. The van der Waals surface area contributed by atoms with Gasteiger partial charge in [-0.1, -0.05) is 23.2 Å². The van der Waals surface area contributed by atoms with Crippen LogP contribution < -0.4 is 5.32 Å². The summed E-state index contributed by atoms with van der Waals surface area (Å²) in [5.74, 6) is 0.388. The van der Waals surface area contributed by atoms with Crippen molar-refractivity contribution in [3.8, 4) is 0 Å². The zero-order chi connectivity index (χ0) is 15.0. The highest BCUT2D eigenvalue weighted by atomic mass is 35.5. The van der Waals surface area contributed by atoms with E-state index in [9.17, 15) is 9.90 Å². The first-order chi connectivity index (χ1) is 10.0. The van der Waals surface area contributed by atoms with E-state index < -0.39 is 0 Å². The first kappa shape index (κ1) is 15.1. The van der Waals surface area contributed by atoms with E-state index in [0.717, 1.165) is 37.7 Å². The van der Waals surface area contributed by atoms with Crippen molar-refractivity contribution in [2.24, 2.45) is 5.92 Å². The summed E-state index contributed by atoms with van der Waals surface area (Å²) >= 11 is 12.0. The van der Waals surface area contributed by atoms with Gasteiger partial charge in [0.2, 0.25) is 5.91 Å². The molecule has 1 amide bonds. The van der Waals surface area contributed by atoms with Crippen LogP contribution in [0.25, 0.3) is 0 Å². The molecular weight excluding hydrogens is 309 g/mol. The maximum atomic E-state index is 12.3. The molecule has 3 nitrogen and oxygen atoms in total. The summed E-state index contributed by atoms with van der Waals surface area (Å²) < 4.78 is 0. The number of hydrogen-bond donors (Lipinski definition) is 2. The second-order valence-electron chi connectivity index (χ2n) is 6.17. The van der Waals surface area contributed by atoms with Gasteiger partial charge in [-0.15, -0.1) is 0 Å². The van der Waals surface area contributed by atoms with E-state index in [1.165, 1.54) is 0 Å². The molecule has 2 aliphatic carbocycles. The summed E-state index contributed by atoms with van der Waals surface area (Å²) in [5, 5.41) is 13.8. The molecule has 2 aliphatic rings. The van der Waals surface area contributed by atoms with Gasteiger partial charge in [0.25, 0.3) is 0 Å². The van der Waals surface area contributed by atoms with Crippen LogP contribution in [0.3, 0.4) is 0 Å². The van der Waals surface area contributed by atoms with E-state index in [2.05, 4.69) is 5.32 Å². The molecule has 21 heavy (non-hydrogen) atoms. The second kappa shape index (κ2) is 6.15. The van der Waals surface area contributed by atoms with E-state index in [1.54, 1.807) is 6.07 Å². The summed E-state index contributed by atoms with van der Waals surface area (Å²) in [4.78, 5) is 12.3. The van der Waals surface area contributed by atoms with E-state index in [0.29, 0.717) is 10.0 Å². The fourth-order valence-corrected chi connectivity index (χ4v) is 3.71. The van der Waals surface area contributed by atoms with Crippen molar-refractivity contribution in [2.75, 3.05) is 0 Å². The van der Waals surface area contributed by atoms with Crippen LogP contribution in [-0.4, -0.2) is 23.2 Å². The first-order valence-corrected chi connectivity index (χ1v) is 8.23. The van der Waals surface area contributed by atoms with Crippen LogP contribution in [0.2, 0.25) is 10.0 Å². The Bertz CT molecular complexity index is 521. The summed E-state index contributed by atoms with van der Waals surface area (Å²) in [6.07, 6.45) is 3.96. The van der Waals surface area contributed by atoms with Gasteiger partial charge in [-0.2, -0.15) is 0 Å². The number of carbonyl (C=O) groups excluding carboxylic acids is 1. The molecule has 2 fully saturated rings. The molecule has 2 saturated carbocycles. The molecule has 0 heterocycles. The molecule has 0 spiro atoms. The molecule has 2 unspecified atom stereocenters. The van der Waals surface area contributed by atoms with Gasteiger partial charge in [-0.25, -0.2) is 0 Å². The number of halogens is 2. The number of amides is 1. The number of carbonyl (C=O) groups is 1. The van der Waals surface area contributed by atoms with Gasteiger partial charge in [0, 0.05) is 22.0 Å². The molecule has 3 rings (SSSR count). The zero-order valence-corrected chi connectivity index (χ0v) is 13.2. The zero-order valence-electron chi connectivity index (χ0n) is 11.7. The Kier molecular flexibility index (Phi) is 4.43. The molecule has 1 aromatic rings. The lowest BCUT2D eigenvalue weighted by molar-refractivity contribution is -0.123. The molecule has 1 aromatic carbocycles. The molecule has 0 aliphatic heterocycles. The quantitative estimate of drug-likeness (QED) is 0.892. The third-order valence-corrected chi connectivity index (χ3v) is 4.92. The van der Waals surface area contributed by atoms with Gasteiger partial charge in [0.1, 0.15) is 0 Å². The van der Waals surface area contributed by atoms with Crippen LogP contribution >= 0.6 is 23.2 Å². The lowest BCUT2D eigenvalue weighted by atomic mass is 9.93. The van der Waals surface area contributed by atoms with Crippen molar-refractivity contribution in [1.29, 1.82) is 0 Å². The van der Waals surface area contributed by atoms with Crippen LogP contribution in [0.15, 0.2) is 18.2 Å². The molecule has 0 aromatic heterocycles. The number of hydrogen-bond acceptors (Lipinski definition) is 2. The fraction of sp³-hybridized carbons (Fsp3) is 0.562. The number of aliphatic hydroxyl groups excluding tert-OH is 1. The van der Waals surface area contributed by atoms with Gasteiger partial charge < -0.3 is 10.4 Å². The largest absolute Gasteiger partial charge is 0.393 e. The summed E-state index contributed by atoms with van der Waals surface area (Å²) in [5.41, 5.74) is 1.05. The lowest BCUT2D eigenvalue weighted by Gasteiger charge is -2.26. The number of rotatable bonds is 3. The van der Waals surface area contributed by atoms with Crippen molar-refractivity contribution < 1.29 is 9.90 Å². The van der Waals surface area contributed by atoms with Crippen LogP contribution in [0, 0.1) is 5.92 Å². The highest BCUT2D eigenvalue weighted by molar-refractivity contribution is 6.34. The third-order valence-electron chi connectivity index (χ3n) is 4.48. The summed E-state index contributed by atoms with van der Waals surface area (Å²) in [6.45, 7) is 0. The van der Waals surface area contributed by atoms with Crippen LogP contribution in [0.4, 0.5) is 0 Å². The predicted octanol–water partition coefficient (Wildman–Crippen LogP) is 3.52. The smallest absolute Gasteiger partial charge is 0.223 e. The molecular formula is C16H19Cl2NO2. The Labute approximate surface area is 134 Å². The van der Waals surface area contributed by atoms with Crippen molar-refractivity contribution in [3.63, 3.8) is 0 Å². The fourth-order valence-electron chi connectivity index (χ4n) is 3.17. The van der Waals surface area contributed by atoms with E-state index in [4.69, 9.17) is 23.2 Å². The van der Waals surface area contributed by atoms with Crippen LogP contribution in [0.1, 0.15) is 43.6 Å². The van der Waals surface area contributed by atoms with Gasteiger partial charge in [0.15, 0.2) is 0 Å². The maximum absolute atomic E-state index is 12.3. The predicted molar refractivity (Wildman–Crippen MR) is 83.7 cm³/mol. The van der Waals surface area contributed by atoms with Crippen LogP contribution in [-0.2, 0) is 4.79 Å². The normalized spacial score (nSPS) is 31.8. The lowest BCUT2D eigenvalue weighted by Crippen LogP contribution is -2.39. The van der Waals surface area contributed by atoms with Gasteiger partial charge in [-0.05, 0) is 61.8 Å². The Morgan fingerprint density at radius 1 is 1.10 bits per heavy atom. The standard InChI is InChI=1S/C16H19Cl2NO2/c17-10-5-9(6-11(18)7-10)14-8-15(14)16(21)19-12-1-3-13(20)4-2-12/h5-7,12-15,20H,1-4,8H2,(H,19,21). The van der Waals surface area contributed by atoms with Crippen LogP contribution in [0.5, 0.6) is 0 Å². The molecule has 2 atom stereocenters. The Hall–Kier alpha value is -0.770. The van der Waals surface area contributed by atoms with Crippen molar-refractivity contribution in [3.05, 3.63) is 33.8 Å². The average Bonchev–Trinajstić information content (AvgIpc) is 3.20. The molecule has 114 valence electrons. The molecule has 0 radical (unpaired) electrons. The molecule has 0 saturated heterocycles. The molecule has 0 bridgehead atoms. The second-order valence-corrected chi connectivity index (χ2v) is 7.04. The molecule has 2 N–H and O–H groups in total. The van der Waals surface area contributed by atoms with Crippen molar-refractivity contribution in [2.45, 2.75) is 50.2 Å². The maximum Gasteiger partial charge on any atom is 0.223 e. The molecule has 5 heteroatoms. The number of nitrogens with one attached hydrogen (secondary N) is 1. The minimum atomic E-state index is -0.194. The first-order valence-electron chi connectivity index (χ1n) is 7.47. The highest BCUT2D eigenvalue weighted by Crippen LogP contribution is 2.48. The topological polar surface area (TPSA) is 49.3 Å². The van der Waals surface area contributed by atoms with E-state index >= 15 is 0 Å². The monoisotopic (exact) mass is 327 g/mol. The average molecular weight is 328 g/mol. The third kappa shape index (κ3) is 3.71. The van der Waals surface area contributed by atoms with Gasteiger partial charge >= 0.3 is 0 Å². The number of aliphatic hydroxyl groups is 1. The Morgan fingerprint density at radius 2 is 1.71 bits per heavy atom. The van der Waals surface area contributed by atoms with Gasteiger partial charge in [0.05, 0.1) is 6.10 Å². The SMILES string of the molecule is O=C(NC1CCC(O)CC1)C1CC1c1cc(Cl)cc(Cl)c1. The van der Waals surface area contributed by atoms with Crippen molar-refractivity contribution in [1.82, 2.24) is 5.32 Å². The van der Waals surface area contributed by atoms with Crippen molar-refractivity contribution >= 4 is 29.1 Å². The summed E-state index contributed by atoms with van der Waals surface area (Å²) in [6, 6.07) is 5.70. The Morgan fingerprint density at radius 3 is 2.33 bits per heavy atom. The van der Waals surface area contributed by atoms with E-state index in [1.807, 2.05) is 12.1 Å². The van der Waals surface area contributed by atoms with E-state index in [-0.39, 0.29) is 29.9 Å². The Balaban J connectivity index is 1.56. The minimum Gasteiger partial charge on any atom is -0.393 e. The number of benzene rings is 1.